The number of quaternary nitrogens is 1. The number of methoxy groups -OCH3 is 1. The van der Waals surface area contributed by atoms with Gasteiger partial charge in [-0.25, -0.2) is 9.18 Å². The number of carbonyl (C=O) groups is 2. The molecule has 0 atom stereocenters. The van der Waals surface area contributed by atoms with Crippen LogP contribution in [0.2, 0.25) is 0 Å². The van der Waals surface area contributed by atoms with Gasteiger partial charge in [-0.05, 0) is 24.3 Å². The van der Waals surface area contributed by atoms with E-state index in [1.165, 1.54) is 19.2 Å². The van der Waals surface area contributed by atoms with Crippen molar-refractivity contribution < 1.29 is 23.6 Å². The number of hydrogen-bond acceptors (Lipinski definition) is 4. The van der Waals surface area contributed by atoms with Crippen molar-refractivity contribution >= 4 is 17.7 Å². The van der Waals surface area contributed by atoms with Gasteiger partial charge in [0.1, 0.15) is 5.82 Å². The van der Waals surface area contributed by atoms with Gasteiger partial charge in [-0.1, -0.05) is 0 Å². The third-order valence-electron chi connectivity index (χ3n) is 3.50. The molecule has 0 radical (unpaired) electrons. The van der Waals surface area contributed by atoms with E-state index in [-0.39, 0.29) is 18.3 Å². The van der Waals surface area contributed by atoms with Gasteiger partial charge < -0.3 is 14.5 Å². The normalized spacial score (nSPS) is 15.6. The summed E-state index contributed by atoms with van der Waals surface area (Å²) >= 11 is 0. The minimum atomic E-state index is -0.732. The lowest BCUT2D eigenvalue weighted by Crippen LogP contribution is -3.16. The van der Waals surface area contributed by atoms with Crippen molar-refractivity contribution in [3.8, 4) is 0 Å². The summed E-state index contributed by atoms with van der Waals surface area (Å²) in [6.45, 7) is 3.38. The number of nitrogens with zero attached hydrogens (tertiary/aromatic N) is 1. The Morgan fingerprint density at radius 2 is 1.90 bits per heavy atom. The number of anilines is 1. The average Bonchev–Trinajstić information content (AvgIpc) is 2.48. The Labute approximate surface area is 122 Å². The monoisotopic (exact) mass is 296 g/mol. The third kappa shape index (κ3) is 4.42. The van der Waals surface area contributed by atoms with Crippen molar-refractivity contribution in [2.24, 2.45) is 0 Å². The highest BCUT2D eigenvalue weighted by Crippen LogP contribution is 2.14. The molecule has 7 heteroatoms. The average molecular weight is 296 g/mol. The molecule has 1 aromatic rings. The van der Waals surface area contributed by atoms with Crippen LogP contribution in [0.25, 0.3) is 0 Å². The van der Waals surface area contributed by atoms with Crippen molar-refractivity contribution in [2.75, 3.05) is 44.7 Å². The Hall–Kier alpha value is -2.15. The Balaban J connectivity index is 1.79. The van der Waals surface area contributed by atoms with Crippen LogP contribution in [-0.4, -0.2) is 51.8 Å². The number of hydrogen-bond donors (Lipinski definition) is 2. The van der Waals surface area contributed by atoms with Crippen LogP contribution in [0.3, 0.4) is 0 Å². The van der Waals surface area contributed by atoms with Gasteiger partial charge in [0, 0.05) is 5.69 Å². The summed E-state index contributed by atoms with van der Waals surface area (Å²) in [6, 6.07) is 6.39. The minimum Gasteiger partial charge on any atom is -0.453 e. The highest BCUT2D eigenvalue weighted by Gasteiger charge is 2.23. The molecule has 1 aromatic carbocycles. The second kappa shape index (κ2) is 7.03. The molecule has 0 bridgehead atoms. The Bertz CT molecular complexity index is 499. The SMILES string of the molecule is COC(=O)NC(=O)C[NH+]1CCN(c2ccc(F)cc2)CC1. The summed E-state index contributed by atoms with van der Waals surface area (Å²) in [5, 5.41) is 2.15. The van der Waals surface area contributed by atoms with E-state index in [9.17, 15) is 14.0 Å². The number of piperazine rings is 1. The Kier molecular flexibility index (Phi) is 5.10. The van der Waals surface area contributed by atoms with E-state index >= 15 is 0 Å². The zero-order valence-corrected chi connectivity index (χ0v) is 11.9. The molecule has 0 spiro atoms. The van der Waals surface area contributed by atoms with E-state index < -0.39 is 6.09 Å². The number of rotatable bonds is 3. The first-order chi connectivity index (χ1) is 10.1. The molecule has 0 unspecified atom stereocenters. The fourth-order valence-electron chi connectivity index (χ4n) is 2.35. The third-order valence-corrected chi connectivity index (χ3v) is 3.50. The summed E-state index contributed by atoms with van der Waals surface area (Å²) in [6.07, 6.45) is -0.732. The number of ether oxygens (including phenoxy) is 1. The molecule has 2 amide bonds. The van der Waals surface area contributed by atoms with E-state index in [1.807, 2.05) is 0 Å². The minimum absolute atomic E-state index is 0.242. The van der Waals surface area contributed by atoms with Crippen molar-refractivity contribution in [3.05, 3.63) is 30.1 Å². The van der Waals surface area contributed by atoms with E-state index in [2.05, 4.69) is 15.0 Å². The number of benzene rings is 1. The van der Waals surface area contributed by atoms with Crippen molar-refractivity contribution in [3.63, 3.8) is 0 Å². The van der Waals surface area contributed by atoms with E-state index in [1.54, 1.807) is 12.1 Å². The molecule has 1 saturated heterocycles. The topological polar surface area (TPSA) is 63.1 Å². The van der Waals surface area contributed by atoms with Gasteiger partial charge >= 0.3 is 6.09 Å². The molecule has 114 valence electrons. The summed E-state index contributed by atoms with van der Waals surface area (Å²) in [5.74, 6) is -0.588. The van der Waals surface area contributed by atoms with E-state index in [0.717, 1.165) is 36.8 Å². The Morgan fingerprint density at radius 3 is 2.48 bits per heavy atom. The first kappa shape index (κ1) is 15.2. The molecule has 6 nitrogen and oxygen atoms in total. The van der Waals surface area contributed by atoms with Crippen LogP contribution in [0.1, 0.15) is 0 Å². The molecule has 1 aliphatic heterocycles. The highest BCUT2D eigenvalue weighted by atomic mass is 19.1. The second-order valence-electron chi connectivity index (χ2n) is 4.93. The summed E-state index contributed by atoms with van der Waals surface area (Å²) in [7, 11) is 1.22. The maximum absolute atomic E-state index is 12.9. The predicted octanol–water partition coefficient (Wildman–Crippen LogP) is -0.587. The first-order valence-electron chi connectivity index (χ1n) is 6.80. The van der Waals surface area contributed by atoms with Gasteiger partial charge in [0.2, 0.25) is 0 Å². The summed E-state index contributed by atoms with van der Waals surface area (Å²) in [4.78, 5) is 25.8. The van der Waals surface area contributed by atoms with E-state index in [4.69, 9.17) is 0 Å². The molecule has 21 heavy (non-hydrogen) atoms. The van der Waals surface area contributed by atoms with Crippen LogP contribution in [0.4, 0.5) is 14.9 Å². The number of amides is 2. The van der Waals surface area contributed by atoms with Gasteiger partial charge in [0.25, 0.3) is 5.91 Å². The number of carbonyl (C=O) groups excluding carboxylic acids is 2. The van der Waals surface area contributed by atoms with Crippen molar-refractivity contribution in [2.45, 2.75) is 0 Å². The predicted molar refractivity (Wildman–Crippen MR) is 74.7 cm³/mol. The van der Waals surface area contributed by atoms with Crippen molar-refractivity contribution in [1.29, 1.82) is 0 Å². The van der Waals surface area contributed by atoms with Crippen LogP contribution in [-0.2, 0) is 9.53 Å². The number of imide groups is 1. The smallest absolute Gasteiger partial charge is 0.413 e. The molecule has 0 saturated carbocycles. The molecule has 1 heterocycles. The largest absolute Gasteiger partial charge is 0.453 e. The van der Waals surface area contributed by atoms with Crippen LogP contribution in [0.15, 0.2) is 24.3 Å². The lowest BCUT2D eigenvalue weighted by Gasteiger charge is -2.33. The lowest BCUT2D eigenvalue weighted by molar-refractivity contribution is -0.892. The molecular formula is C14H19FN3O3+. The number of halogens is 1. The molecule has 2 rings (SSSR count). The van der Waals surface area contributed by atoms with Gasteiger partial charge in [-0.2, -0.15) is 0 Å². The van der Waals surface area contributed by atoms with Crippen LogP contribution in [0.5, 0.6) is 0 Å². The highest BCUT2D eigenvalue weighted by molar-refractivity contribution is 5.92. The van der Waals surface area contributed by atoms with E-state index in [0.29, 0.717) is 0 Å². The fraction of sp³-hybridized carbons (Fsp3) is 0.429. The molecule has 0 aromatic heterocycles. The van der Waals surface area contributed by atoms with Crippen LogP contribution >= 0.6 is 0 Å². The Morgan fingerprint density at radius 1 is 1.29 bits per heavy atom. The van der Waals surface area contributed by atoms with Gasteiger partial charge in [-0.3, -0.25) is 10.1 Å². The van der Waals surface area contributed by atoms with Crippen LogP contribution in [0, 0.1) is 5.82 Å². The number of nitrogens with one attached hydrogen (secondary N) is 2. The second-order valence-corrected chi connectivity index (χ2v) is 4.93. The molecular weight excluding hydrogens is 277 g/mol. The quantitative estimate of drug-likeness (QED) is 0.783. The molecule has 1 fully saturated rings. The standard InChI is InChI=1S/C14H18FN3O3/c1-21-14(20)16-13(19)10-17-6-8-18(9-7-17)12-4-2-11(15)3-5-12/h2-5H,6-10H2,1H3,(H,16,19,20)/p+1. The zero-order chi connectivity index (χ0) is 15.2. The fourth-order valence-corrected chi connectivity index (χ4v) is 2.35. The molecule has 0 aliphatic carbocycles. The maximum Gasteiger partial charge on any atom is 0.413 e. The van der Waals surface area contributed by atoms with Crippen LogP contribution < -0.4 is 15.1 Å². The van der Waals surface area contributed by atoms with Gasteiger partial charge in [-0.15, -0.1) is 0 Å². The van der Waals surface area contributed by atoms with Gasteiger partial charge in [0.15, 0.2) is 6.54 Å². The zero-order valence-electron chi connectivity index (χ0n) is 11.9. The lowest BCUT2D eigenvalue weighted by atomic mass is 10.2. The molecule has 1 aliphatic rings. The summed E-state index contributed by atoms with van der Waals surface area (Å²) < 4.78 is 17.3. The maximum atomic E-state index is 12.9. The first-order valence-corrected chi connectivity index (χ1v) is 6.80. The van der Waals surface area contributed by atoms with Gasteiger partial charge in [0.05, 0.1) is 33.3 Å². The molecule has 2 N–H and O–H groups in total. The summed E-state index contributed by atoms with van der Waals surface area (Å²) in [5.41, 5.74) is 0.981. The number of alkyl carbamates (subject to hydrolysis) is 1. The van der Waals surface area contributed by atoms with Crippen molar-refractivity contribution in [1.82, 2.24) is 5.32 Å².